The summed E-state index contributed by atoms with van der Waals surface area (Å²) in [6.07, 6.45) is -0.00972. The van der Waals surface area contributed by atoms with Crippen LogP contribution in [0, 0.1) is 0 Å². The molecular weight excluding hydrogens is 263 g/mol. The average Bonchev–Trinajstić information content (AvgIpc) is 2.25. The maximum atomic E-state index is 12.2. The van der Waals surface area contributed by atoms with Crippen molar-refractivity contribution < 1.29 is 34.4 Å². The first-order valence-corrected chi connectivity index (χ1v) is 7.51. The van der Waals surface area contributed by atoms with Crippen molar-refractivity contribution in [3.05, 3.63) is 0 Å². The van der Waals surface area contributed by atoms with E-state index in [4.69, 9.17) is 10.2 Å². The van der Waals surface area contributed by atoms with Crippen molar-refractivity contribution in [2.75, 3.05) is 0 Å². The van der Waals surface area contributed by atoms with E-state index in [9.17, 15) is 24.2 Å². The van der Waals surface area contributed by atoms with Crippen molar-refractivity contribution in [3.8, 4) is 0 Å². The van der Waals surface area contributed by atoms with Crippen molar-refractivity contribution in [2.45, 2.75) is 49.5 Å². The van der Waals surface area contributed by atoms with Gasteiger partial charge in [-0.15, -0.1) is 0 Å². The zero-order valence-corrected chi connectivity index (χ0v) is 10.6. The van der Waals surface area contributed by atoms with Crippen LogP contribution in [0.4, 0.5) is 0 Å². The van der Waals surface area contributed by atoms with E-state index in [0.717, 1.165) is 0 Å². The van der Waals surface area contributed by atoms with Crippen LogP contribution < -0.4 is 0 Å². The van der Waals surface area contributed by atoms with E-state index >= 15 is 0 Å². The van der Waals surface area contributed by atoms with E-state index in [1.807, 2.05) is 0 Å². The van der Waals surface area contributed by atoms with E-state index in [1.54, 1.807) is 0 Å². The molecule has 0 saturated heterocycles. The van der Waals surface area contributed by atoms with Crippen LogP contribution in [-0.2, 0) is 14.2 Å². The fourth-order valence-electron chi connectivity index (χ4n) is 2.30. The second kappa shape index (κ2) is 5.82. The number of aliphatic hydroxyl groups excluding tert-OH is 1. The Labute approximate surface area is 104 Å². The van der Waals surface area contributed by atoms with E-state index < -0.39 is 43.2 Å². The third-order valence-corrected chi connectivity index (χ3v) is 6.12. The van der Waals surface area contributed by atoms with Gasteiger partial charge in [0.25, 0.3) is 0 Å². The minimum Gasteiger partial charge on any atom is -0.481 e. The molecule has 7 nitrogen and oxygen atoms in total. The first kappa shape index (κ1) is 15.1. The summed E-state index contributed by atoms with van der Waals surface area (Å²) < 4.78 is 12.2. The Hall–Kier alpha value is -0.910. The number of hydrogen-bond acceptors (Lipinski definition) is 4. The molecule has 0 bridgehead atoms. The van der Waals surface area contributed by atoms with Gasteiger partial charge in [0.1, 0.15) is 5.66 Å². The number of aliphatic carboxylic acids is 2. The summed E-state index contributed by atoms with van der Waals surface area (Å²) in [6, 6.07) is 0. The molecule has 1 aliphatic carbocycles. The molecule has 0 aromatic rings. The summed E-state index contributed by atoms with van der Waals surface area (Å²) in [4.78, 5) is 31.5. The highest BCUT2D eigenvalue weighted by atomic mass is 31.2. The van der Waals surface area contributed by atoms with Crippen molar-refractivity contribution in [1.29, 1.82) is 0 Å². The number of carboxylic acids is 2. The fourth-order valence-corrected chi connectivity index (χ4v) is 4.69. The van der Waals surface area contributed by atoms with Crippen LogP contribution in [0.25, 0.3) is 0 Å². The van der Waals surface area contributed by atoms with Crippen LogP contribution in [0.2, 0.25) is 0 Å². The number of aliphatic hydroxyl groups is 1. The summed E-state index contributed by atoms with van der Waals surface area (Å²) in [5, 5.41) is 27.2. The standard InChI is InChI=1S/C10H17O7P/c11-6-3-1-2-4-7(6)18(16,17)8(10(14)15)5-9(12)13/h6-8,11H,1-5H2,(H,12,13)(H,14,15)(H,16,17)/t6-,7+,8+/m1/s1. The molecule has 8 heteroatoms. The lowest BCUT2D eigenvalue weighted by Crippen LogP contribution is -2.36. The lowest BCUT2D eigenvalue weighted by atomic mass is 9.97. The highest BCUT2D eigenvalue weighted by molar-refractivity contribution is 7.60. The Kier molecular flexibility index (Phi) is 4.90. The van der Waals surface area contributed by atoms with E-state index in [-0.39, 0.29) is 6.42 Å². The highest BCUT2D eigenvalue weighted by Crippen LogP contribution is 2.56. The van der Waals surface area contributed by atoms with Crippen molar-refractivity contribution in [3.63, 3.8) is 0 Å². The molecule has 4 N–H and O–H groups in total. The average molecular weight is 280 g/mol. The normalized spacial score (nSPS) is 29.2. The Balaban J connectivity index is 2.96. The second-order valence-corrected chi connectivity index (χ2v) is 7.18. The molecular formula is C10H17O7P. The first-order valence-electron chi connectivity index (χ1n) is 5.71. The lowest BCUT2D eigenvalue weighted by Gasteiger charge is -2.33. The summed E-state index contributed by atoms with van der Waals surface area (Å²) in [6.45, 7) is 0. The molecule has 4 atom stereocenters. The Bertz CT molecular complexity index is 380. The molecule has 18 heavy (non-hydrogen) atoms. The molecule has 1 saturated carbocycles. The molecule has 0 heterocycles. The molecule has 1 fully saturated rings. The van der Waals surface area contributed by atoms with Gasteiger partial charge in [0.05, 0.1) is 18.2 Å². The van der Waals surface area contributed by atoms with Gasteiger partial charge in [0.15, 0.2) is 0 Å². The van der Waals surface area contributed by atoms with Crippen LogP contribution in [0.1, 0.15) is 32.1 Å². The van der Waals surface area contributed by atoms with Gasteiger partial charge in [0.2, 0.25) is 7.37 Å². The summed E-state index contributed by atoms with van der Waals surface area (Å²) >= 11 is 0. The third kappa shape index (κ3) is 3.31. The maximum absolute atomic E-state index is 12.2. The number of hydrogen-bond donors (Lipinski definition) is 4. The second-order valence-electron chi connectivity index (χ2n) is 4.54. The molecule has 1 unspecified atom stereocenters. The molecule has 0 aromatic carbocycles. The maximum Gasteiger partial charge on any atom is 0.316 e. The number of rotatable bonds is 5. The molecule has 104 valence electrons. The fraction of sp³-hybridized carbons (Fsp3) is 0.800. The Morgan fingerprint density at radius 2 is 1.78 bits per heavy atom. The molecule has 0 radical (unpaired) electrons. The number of carbonyl (C=O) groups is 2. The quantitative estimate of drug-likeness (QED) is 0.538. The predicted molar refractivity (Wildman–Crippen MR) is 61.8 cm³/mol. The lowest BCUT2D eigenvalue weighted by molar-refractivity contribution is -0.143. The minimum atomic E-state index is -4.27. The van der Waals surface area contributed by atoms with Crippen LogP contribution in [0.3, 0.4) is 0 Å². The first-order chi connectivity index (χ1) is 8.26. The molecule has 0 aliphatic heterocycles. The molecule has 1 aliphatic rings. The molecule has 0 amide bonds. The highest BCUT2D eigenvalue weighted by Gasteiger charge is 2.47. The van der Waals surface area contributed by atoms with Gasteiger partial charge in [-0.25, -0.2) is 0 Å². The zero-order chi connectivity index (χ0) is 13.9. The summed E-state index contributed by atoms with van der Waals surface area (Å²) in [5.74, 6) is -3.05. The van der Waals surface area contributed by atoms with Gasteiger partial charge >= 0.3 is 11.9 Å². The van der Waals surface area contributed by atoms with Gasteiger partial charge < -0.3 is 20.2 Å². The van der Waals surface area contributed by atoms with E-state index in [1.165, 1.54) is 0 Å². The van der Waals surface area contributed by atoms with Crippen molar-refractivity contribution in [1.82, 2.24) is 0 Å². The van der Waals surface area contributed by atoms with Crippen molar-refractivity contribution in [2.24, 2.45) is 0 Å². The smallest absolute Gasteiger partial charge is 0.316 e. The molecule has 1 rings (SSSR count). The van der Waals surface area contributed by atoms with Gasteiger partial charge in [-0.2, -0.15) is 0 Å². The Morgan fingerprint density at radius 1 is 1.22 bits per heavy atom. The van der Waals surface area contributed by atoms with Gasteiger partial charge in [-0.3, -0.25) is 14.2 Å². The van der Waals surface area contributed by atoms with Crippen LogP contribution >= 0.6 is 7.37 Å². The minimum absolute atomic E-state index is 0.248. The van der Waals surface area contributed by atoms with Crippen molar-refractivity contribution >= 4 is 19.3 Å². The summed E-state index contributed by atoms with van der Waals surface area (Å²) in [7, 11) is -4.27. The van der Waals surface area contributed by atoms with Gasteiger partial charge in [0, 0.05) is 0 Å². The largest absolute Gasteiger partial charge is 0.481 e. The van der Waals surface area contributed by atoms with E-state index in [2.05, 4.69) is 0 Å². The van der Waals surface area contributed by atoms with Gasteiger partial charge in [-0.1, -0.05) is 12.8 Å². The molecule has 0 spiro atoms. The SMILES string of the molecule is O=C(O)C[C@@H](C(=O)O)P(=O)(O)[C@H]1CCCC[C@H]1O. The summed E-state index contributed by atoms with van der Waals surface area (Å²) in [5.41, 5.74) is -2.89. The van der Waals surface area contributed by atoms with Crippen LogP contribution in [0.15, 0.2) is 0 Å². The topological polar surface area (TPSA) is 132 Å². The van der Waals surface area contributed by atoms with Crippen LogP contribution in [0.5, 0.6) is 0 Å². The third-order valence-electron chi connectivity index (χ3n) is 3.27. The number of carboxylic acid groups (broad SMARTS) is 2. The van der Waals surface area contributed by atoms with Crippen LogP contribution in [-0.4, -0.2) is 49.6 Å². The Morgan fingerprint density at radius 3 is 2.22 bits per heavy atom. The zero-order valence-electron chi connectivity index (χ0n) is 9.73. The van der Waals surface area contributed by atoms with E-state index in [0.29, 0.717) is 19.3 Å². The monoisotopic (exact) mass is 280 g/mol. The predicted octanol–water partition coefficient (Wildman–Crippen LogP) is 0.488. The molecule has 0 aromatic heterocycles. The van der Waals surface area contributed by atoms with Gasteiger partial charge in [-0.05, 0) is 12.8 Å².